The maximum absolute atomic E-state index is 12.1. The zero-order chi connectivity index (χ0) is 14.1. The lowest BCUT2D eigenvalue weighted by Crippen LogP contribution is -2.27. The average molecular weight is 263 g/mol. The van der Waals surface area contributed by atoms with Crippen LogP contribution in [0.3, 0.4) is 0 Å². The van der Waals surface area contributed by atoms with Gasteiger partial charge in [-0.25, -0.2) is 4.79 Å². The van der Waals surface area contributed by atoms with Crippen molar-refractivity contribution in [2.24, 2.45) is 0 Å². The predicted molar refractivity (Wildman–Crippen MR) is 79.8 cm³/mol. The van der Waals surface area contributed by atoms with Gasteiger partial charge in [0.1, 0.15) is 0 Å². The maximum Gasteiger partial charge on any atom is 0.340 e. The van der Waals surface area contributed by atoms with E-state index in [-0.39, 0.29) is 5.97 Å². The van der Waals surface area contributed by atoms with Gasteiger partial charge in [0.15, 0.2) is 0 Å². The van der Waals surface area contributed by atoms with Crippen molar-refractivity contribution in [3.8, 4) is 0 Å². The zero-order valence-electron chi connectivity index (χ0n) is 12.3. The van der Waals surface area contributed by atoms with Crippen LogP contribution in [0, 0.1) is 0 Å². The summed E-state index contributed by atoms with van der Waals surface area (Å²) >= 11 is 0. The van der Waals surface area contributed by atoms with E-state index in [1.165, 1.54) is 0 Å². The first-order chi connectivity index (χ1) is 9.24. The number of rotatable bonds is 8. The molecule has 0 spiro atoms. The van der Waals surface area contributed by atoms with Gasteiger partial charge in [0.25, 0.3) is 0 Å². The fraction of sp³-hybridized carbons (Fsp3) is 0.562. The number of benzene rings is 1. The molecule has 3 heteroatoms. The summed E-state index contributed by atoms with van der Waals surface area (Å²) < 4.78 is 5.26. The van der Waals surface area contributed by atoms with Crippen molar-refractivity contribution in [1.82, 2.24) is 0 Å². The standard InChI is InChI=1S/C16H25NO2/c1-4-11-17(12-5-2)15-10-8-7-9-14(15)16(18)19-13-6-3/h7-10H,4-6,11-13H2,1-3H3. The highest BCUT2D eigenvalue weighted by Crippen LogP contribution is 2.22. The fourth-order valence-electron chi connectivity index (χ4n) is 2.09. The maximum atomic E-state index is 12.1. The van der Waals surface area contributed by atoms with Gasteiger partial charge >= 0.3 is 5.97 Å². The van der Waals surface area contributed by atoms with Gasteiger partial charge in [0.05, 0.1) is 17.9 Å². The minimum Gasteiger partial charge on any atom is -0.462 e. The van der Waals surface area contributed by atoms with Crippen molar-refractivity contribution in [1.29, 1.82) is 0 Å². The van der Waals surface area contributed by atoms with E-state index in [0.717, 1.165) is 38.0 Å². The quantitative estimate of drug-likeness (QED) is 0.667. The summed E-state index contributed by atoms with van der Waals surface area (Å²) in [6, 6.07) is 7.73. The molecular weight excluding hydrogens is 238 g/mol. The molecule has 0 atom stereocenters. The summed E-state index contributed by atoms with van der Waals surface area (Å²) in [4.78, 5) is 14.4. The number of hydrogen-bond donors (Lipinski definition) is 0. The molecule has 3 nitrogen and oxygen atoms in total. The average Bonchev–Trinajstić information content (AvgIpc) is 2.44. The summed E-state index contributed by atoms with van der Waals surface area (Å²) in [5.74, 6) is -0.213. The summed E-state index contributed by atoms with van der Waals surface area (Å²) in [6.07, 6.45) is 2.98. The topological polar surface area (TPSA) is 29.5 Å². The summed E-state index contributed by atoms with van der Waals surface area (Å²) in [7, 11) is 0. The second kappa shape index (κ2) is 8.57. The van der Waals surface area contributed by atoms with Gasteiger partial charge in [-0.3, -0.25) is 0 Å². The van der Waals surface area contributed by atoms with Crippen LogP contribution in [0.2, 0.25) is 0 Å². The summed E-state index contributed by atoms with van der Waals surface area (Å²) in [5, 5.41) is 0. The third-order valence-electron chi connectivity index (χ3n) is 2.89. The molecule has 0 bridgehead atoms. The number of hydrogen-bond acceptors (Lipinski definition) is 3. The van der Waals surface area contributed by atoms with Crippen LogP contribution in [0.25, 0.3) is 0 Å². The molecule has 0 saturated heterocycles. The van der Waals surface area contributed by atoms with E-state index >= 15 is 0 Å². The SMILES string of the molecule is CCCOC(=O)c1ccccc1N(CCC)CCC. The second-order valence-electron chi connectivity index (χ2n) is 4.64. The van der Waals surface area contributed by atoms with Gasteiger partial charge in [-0.05, 0) is 31.4 Å². The van der Waals surface area contributed by atoms with Gasteiger partial charge in [-0.2, -0.15) is 0 Å². The number of esters is 1. The number of para-hydroxylation sites is 1. The van der Waals surface area contributed by atoms with Crippen LogP contribution in [0.1, 0.15) is 50.4 Å². The number of carbonyl (C=O) groups is 1. The minimum atomic E-state index is -0.213. The lowest BCUT2D eigenvalue weighted by molar-refractivity contribution is 0.0506. The van der Waals surface area contributed by atoms with Gasteiger partial charge in [-0.15, -0.1) is 0 Å². The van der Waals surface area contributed by atoms with Crippen LogP contribution < -0.4 is 4.90 Å². The van der Waals surface area contributed by atoms with Crippen molar-refractivity contribution in [3.05, 3.63) is 29.8 Å². The molecule has 0 unspecified atom stereocenters. The molecule has 0 N–H and O–H groups in total. The second-order valence-corrected chi connectivity index (χ2v) is 4.64. The first-order valence-corrected chi connectivity index (χ1v) is 7.25. The Morgan fingerprint density at radius 1 is 1.05 bits per heavy atom. The van der Waals surface area contributed by atoms with Crippen molar-refractivity contribution in [2.75, 3.05) is 24.6 Å². The Hall–Kier alpha value is -1.51. The van der Waals surface area contributed by atoms with Crippen molar-refractivity contribution >= 4 is 11.7 Å². The van der Waals surface area contributed by atoms with E-state index in [0.29, 0.717) is 12.2 Å². The van der Waals surface area contributed by atoms with Crippen LogP contribution in [0.15, 0.2) is 24.3 Å². The van der Waals surface area contributed by atoms with Gasteiger partial charge in [0, 0.05) is 13.1 Å². The zero-order valence-corrected chi connectivity index (χ0v) is 12.3. The molecule has 0 fully saturated rings. The number of nitrogens with zero attached hydrogens (tertiary/aromatic N) is 1. The highest BCUT2D eigenvalue weighted by atomic mass is 16.5. The van der Waals surface area contributed by atoms with E-state index in [1.807, 2.05) is 31.2 Å². The lowest BCUT2D eigenvalue weighted by Gasteiger charge is -2.25. The van der Waals surface area contributed by atoms with Gasteiger partial charge in [0.2, 0.25) is 0 Å². The Morgan fingerprint density at radius 3 is 2.26 bits per heavy atom. The molecule has 0 amide bonds. The lowest BCUT2D eigenvalue weighted by atomic mass is 10.1. The van der Waals surface area contributed by atoms with E-state index < -0.39 is 0 Å². The molecule has 0 aliphatic carbocycles. The van der Waals surface area contributed by atoms with E-state index in [2.05, 4.69) is 18.7 Å². The van der Waals surface area contributed by atoms with Crippen LogP contribution >= 0.6 is 0 Å². The third kappa shape index (κ3) is 4.58. The summed E-state index contributed by atoms with van der Waals surface area (Å²) in [5.41, 5.74) is 1.67. The van der Waals surface area contributed by atoms with Gasteiger partial charge < -0.3 is 9.64 Å². The van der Waals surface area contributed by atoms with Crippen LogP contribution in [-0.2, 0) is 4.74 Å². The normalized spacial score (nSPS) is 10.3. The molecule has 0 aliphatic rings. The largest absolute Gasteiger partial charge is 0.462 e. The van der Waals surface area contributed by atoms with E-state index in [9.17, 15) is 4.79 Å². The monoisotopic (exact) mass is 263 g/mol. The van der Waals surface area contributed by atoms with Crippen LogP contribution in [0.4, 0.5) is 5.69 Å². The number of carbonyl (C=O) groups excluding carboxylic acids is 1. The molecule has 0 aromatic heterocycles. The predicted octanol–water partition coefficient (Wildman–Crippen LogP) is 3.88. The third-order valence-corrected chi connectivity index (χ3v) is 2.89. The molecule has 1 aromatic rings. The summed E-state index contributed by atoms with van der Waals surface area (Å²) in [6.45, 7) is 8.72. The molecule has 0 heterocycles. The smallest absolute Gasteiger partial charge is 0.340 e. The van der Waals surface area contributed by atoms with Crippen LogP contribution in [0.5, 0.6) is 0 Å². The number of ether oxygens (including phenoxy) is 1. The Bertz CT molecular complexity index is 384. The molecule has 1 rings (SSSR count). The van der Waals surface area contributed by atoms with E-state index in [4.69, 9.17) is 4.74 Å². The molecule has 0 radical (unpaired) electrons. The van der Waals surface area contributed by atoms with Gasteiger partial charge in [-0.1, -0.05) is 32.9 Å². The van der Waals surface area contributed by atoms with Crippen molar-refractivity contribution in [3.63, 3.8) is 0 Å². The van der Waals surface area contributed by atoms with Crippen LogP contribution in [-0.4, -0.2) is 25.7 Å². The Morgan fingerprint density at radius 2 is 1.68 bits per heavy atom. The molecular formula is C16H25NO2. The highest BCUT2D eigenvalue weighted by Gasteiger charge is 2.16. The van der Waals surface area contributed by atoms with Crippen molar-refractivity contribution < 1.29 is 9.53 Å². The molecule has 0 saturated carbocycles. The highest BCUT2D eigenvalue weighted by molar-refractivity contribution is 5.95. The molecule has 106 valence electrons. The molecule has 0 aliphatic heterocycles. The Kier molecular flexibility index (Phi) is 7.01. The Balaban J connectivity index is 2.95. The molecule has 1 aromatic carbocycles. The Labute approximate surface area is 116 Å². The molecule has 19 heavy (non-hydrogen) atoms. The first-order valence-electron chi connectivity index (χ1n) is 7.25. The minimum absolute atomic E-state index is 0.213. The number of anilines is 1. The fourth-order valence-corrected chi connectivity index (χ4v) is 2.09. The first kappa shape index (κ1) is 15.5. The van der Waals surface area contributed by atoms with Crippen molar-refractivity contribution in [2.45, 2.75) is 40.0 Å². The van der Waals surface area contributed by atoms with E-state index in [1.54, 1.807) is 0 Å².